The minimum atomic E-state index is -4.56. The Kier molecular flexibility index (Phi) is 10.1. The number of aryl methyl sites for hydroxylation is 2. The van der Waals surface area contributed by atoms with Crippen LogP contribution in [0.15, 0.2) is 70.3 Å². The van der Waals surface area contributed by atoms with Crippen LogP contribution >= 0.6 is 0 Å². The molecule has 5 heterocycles. The topological polar surface area (TPSA) is 144 Å². The van der Waals surface area contributed by atoms with Crippen LogP contribution in [0, 0.1) is 13.8 Å². The Morgan fingerprint density at radius 1 is 1.00 bits per heavy atom. The minimum absolute atomic E-state index is 0.0429. The summed E-state index contributed by atoms with van der Waals surface area (Å²) in [4.78, 5) is 44.1. The molecule has 0 aliphatic carbocycles. The number of halogens is 3. The lowest BCUT2D eigenvalue weighted by atomic mass is 9.95. The molecule has 2 fully saturated rings. The second-order valence-corrected chi connectivity index (χ2v) is 13.4. The predicted molar refractivity (Wildman–Crippen MR) is 192 cm³/mol. The van der Waals surface area contributed by atoms with Gasteiger partial charge in [0.1, 0.15) is 12.6 Å². The number of carbonyl (C=O) groups is 2. The summed E-state index contributed by atoms with van der Waals surface area (Å²) in [6.45, 7) is 7.61. The lowest BCUT2D eigenvalue weighted by molar-refractivity contribution is -0.137. The summed E-state index contributed by atoms with van der Waals surface area (Å²) in [6.07, 6.45) is -2.73. The number of Topliss-reactive ketones (excluding diaryl/α,β-unsaturated/α-hetero) is 1. The van der Waals surface area contributed by atoms with Crippen molar-refractivity contribution in [1.82, 2.24) is 19.9 Å². The largest absolute Gasteiger partial charge is 0.481 e. The van der Waals surface area contributed by atoms with E-state index in [4.69, 9.17) is 24.2 Å². The number of ketones is 1. The number of hydrogen-bond acceptors (Lipinski definition) is 12. The molecule has 2 aromatic carbocycles. The van der Waals surface area contributed by atoms with Crippen molar-refractivity contribution in [2.24, 2.45) is 15.4 Å². The number of morpholine rings is 1. The Balaban J connectivity index is 1.24. The molecule has 0 saturated carbocycles. The van der Waals surface area contributed by atoms with E-state index in [1.165, 1.54) is 12.0 Å². The average Bonchev–Trinajstić information content (AvgIpc) is 3.78. The molecule has 7 rings (SSSR count). The maximum atomic E-state index is 13.7. The van der Waals surface area contributed by atoms with Gasteiger partial charge in [-0.25, -0.2) is 19.7 Å². The molecule has 3 aliphatic heterocycles. The zero-order valence-corrected chi connectivity index (χ0v) is 30.1. The van der Waals surface area contributed by atoms with Crippen molar-refractivity contribution in [3.8, 4) is 28.1 Å². The SMILES string of the molecule is COc1ncc(-c2ccc(C(=O)CC3=NN=NC3)cc2C)cc1-c1cnc(N2CCOCC2)nc1CN1C(=O)O[C@H](c2cc(C)cc(C(F)(F)F)c2)[C@@H]1C. The highest BCUT2D eigenvalue weighted by Crippen LogP contribution is 2.40. The molecule has 54 heavy (non-hydrogen) atoms. The fraction of sp³-hybridized carbons (Fsp3) is 0.368. The molecule has 0 spiro atoms. The van der Waals surface area contributed by atoms with E-state index in [0.29, 0.717) is 72.5 Å². The highest BCUT2D eigenvalue weighted by atomic mass is 19.4. The smallest absolute Gasteiger partial charge is 0.416 e. The number of amides is 1. The van der Waals surface area contributed by atoms with Crippen LogP contribution < -0.4 is 9.64 Å². The molecule has 280 valence electrons. The van der Waals surface area contributed by atoms with E-state index in [1.54, 1.807) is 38.4 Å². The Labute approximate surface area is 308 Å². The van der Waals surface area contributed by atoms with Gasteiger partial charge >= 0.3 is 12.3 Å². The second-order valence-electron chi connectivity index (χ2n) is 13.4. The number of ether oxygens (including phenoxy) is 3. The molecule has 16 heteroatoms. The highest BCUT2D eigenvalue weighted by Gasteiger charge is 2.42. The molecule has 4 aromatic rings. The molecular weight excluding hydrogens is 705 g/mol. The van der Waals surface area contributed by atoms with Crippen LogP contribution in [0.1, 0.15) is 57.8 Å². The van der Waals surface area contributed by atoms with Gasteiger partial charge in [0.25, 0.3) is 0 Å². The van der Waals surface area contributed by atoms with Gasteiger partial charge in [-0.05, 0) is 67.0 Å². The van der Waals surface area contributed by atoms with Gasteiger partial charge in [0, 0.05) is 47.7 Å². The Morgan fingerprint density at radius 2 is 1.80 bits per heavy atom. The molecule has 0 bridgehead atoms. The van der Waals surface area contributed by atoms with E-state index in [0.717, 1.165) is 28.8 Å². The third kappa shape index (κ3) is 7.51. The molecule has 0 unspecified atom stereocenters. The first-order valence-electron chi connectivity index (χ1n) is 17.3. The molecule has 2 aromatic heterocycles. The number of pyridine rings is 1. The van der Waals surface area contributed by atoms with Crippen LogP contribution in [-0.2, 0) is 22.2 Å². The Hall–Kier alpha value is -5.77. The van der Waals surface area contributed by atoms with E-state index in [2.05, 4.69) is 20.4 Å². The van der Waals surface area contributed by atoms with Gasteiger partial charge in [-0.2, -0.15) is 18.3 Å². The average molecular weight is 743 g/mol. The maximum Gasteiger partial charge on any atom is 0.416 e. The number of anilines is 1. The van der Waals surface area contributed by atoms with E-state index in [9.17, 15) is 22.8 Å². The lowest BCUT2D eigenvalue weighted by Gasteiger charge is -2.28. The summed E-state index contributed by atoms with van der Waals surface area (Å²) in [6, 6.07) is 10.4. The van der Waals surface area contributed by atoms with Crippen LogP contribution in [0.25, 0.3) is 22.3 Å². The quantitative estimate of drug-likeness (QED) is 0.155. The molecule has 2 atom stereocenters. The van der Waals surface area contributed by atoms with Gasteiger partial charge in [0.2, 0.25) is 11.8 Å². The first kappa shape index (κ1) is 36.6. The third-order valence-electron chi connectivity index (χ3n) is 9.68. The normalized spacial score (nSPS) is 18.6. The lowest BCUT2D eigenvalue weighted by Crippen LogP contribution is -2.38. The Morgan fingerprint density at radius 3 is 2.50 bits per heavy atom. The van der Waals surface area contributed by atoms with Gasteiger partial charge in [0.15, 0.2) is 5.78 Å². The first-order valence-corrected chi connectivity index (χ1v) is 17.3. The molecule has 0 N–H and O–H groups in total. The highest BCUT2D eigenvalue weighted by molar-refractivity contribution is 6.10. The number of methoxy groups -OCH3 is 1. The van der Waals surface area contributed by atoms with Crippen molar-refractivity contribution in [2.75, 3.05) is 44.9 Å². The summed E-state index contributed by atoms with van der Waals surface area (Å²) in [7, 11) is 1.50. The fourth-order valence-corrected chi connectivity index (χ4v) is 6.86. The van der Waals surface area contributed by atoms with Crippen LogP contribution in [0.4, 0.5) is 23.9 Å². The second kappa shape index (κ2) is 14.9. The zero-order chi connectivity index (χ0) is 38.1. The van der Waals surface area contributed by atoms with Crippen molar-refractivity contribution < 1.29 is 37.0 Å². The van der Waals surface area contributed by atoms with Gasteiger partial charge in [-0.3, -0.25) is 9.69 Å². The van der Waals surface area contributed by atoms with Gasteiger partial charge in [0.05, 0.1) is 56.3 Å². The predicted octanol–water partition coefficient (Wildman–Crippen LogP) is 7.16. The van der Waals surface area contributed by atoms with Crippen LogP contribution in [0.3, 0.4) is 0 Å². The van der Waals surface area contributed by atoms with Crippen molar-refractivity contribution >= 4 is 23.5 Å². The van der Waals surface area contributed by atoms with Crippen LogP contribution in [-0.4, -0.2) is 83.4 Å². The third-order valence-corrected chi connectivity index (χ3v) is 9.68. The number of cyclic esters (lactones) is 1. The van der Waals surface area contributed by atoms with E-state index in [-0.39, 0.29) is 30.2 Å². The van der Waals surface area contributed by atoms with E-state index < -0.39 is 30.0 Å². The fourth-order valence-electron chi connectivity index (χ4n) is 6.86. The number of rotatable bonds is 10. The monoisotopic (exact) mass is 742 g/mol. The number of hydrogen-bond donors (Lipinski definition) is 0. The van der Waals surface area contributed by atoms with Gasteiger partial charge in [-0.1, -0.05) is 23.8 Å². The number of alkyl halides is 3. The van der Waals surface area contributed by atoms with Crippen LogP contribution in [0.5, 0.6) is 5.88 Å². The summed E-state index contributed by atoms with van der Waals surface area (Å²) in [5, 5.41) is 11.3. The minimum Gasteiger partial charge on any atom is -0.481 e. The Bertz CT molecular complexity index is 2170. The van der Waals surface area contributed by atoms with Crippen molar-refractivity contribution in [1.29, 1.82) is 0 Å². The molecule has 13 nitrogen and oxygen atoms in total. The summed E-state index contributed by atoms with van der Waals surface area (Å²) >= 11 is 0. The summed E-state index contributed by atoms with van der Waals surface area (Å²) in [5.74, 6) is 0.633. The standard InChI is InChI=1S/C38H37F3N8O5/c1-21-11-25(14-27(12-21)38(39,40)41)34-23(3)49(37(51)54-34)20-32-31(19-43-36(45-32)48-7-9-53-10-8-48)30-15-26(17-42-35(30)52-4)29-6-5-24(13-22(29)2)33(50)16-28-18-44-47-46-28/h5-6,11-15,17,19,23,34H,7-10,16,18,20H2,1-4H3/t23-,34-/m0/s1. The molecule has 1 amide bonds. The molecule has 0 radical (unpaired) electrons. The zero-order valence-electron chi connectivity index (χ0n) is 30.1. The van der Waals surface area contributed by atoms with Gasteiger partial charge in [-0.15, -0.1) is 5.10 Å². The number of carbonyl (C=O) groups excluding carboxylic acids is 2. The van der Waals surface area contributed by atoms with E-state index in [1.807, 2.05) is 30.0 Å². The van der Waals surface area contributed by atoms with Crippen molar-refractivity contribution in [2.45, 2.75) is 52.1 Å². The maximum absolute atomic E-state index is 13.7. The number of nitrogens with zero attached hydrogens (tertiary/aromatic N) is 8. The van der Waals surface area contributed by atoms with Crippen molar-refractivity contribution in [3.63, 3.8) is 0 Å². The molecule has 3 aliphatic rings. The van der Waals surface area contributed by atoms with Crippen molar-refractivity contribution in [3.05, 3.63) is 88.4 Å². The first-order chi connectivity index (χ1) is 25.9. The summed E-state index contributed by atoms with van der Waals surface area (Å²) < 4.78 is 58.1. The van der Waals surface area contributed by atoms with Crippen LogP contribution in [0.2, 0.25) is 0 Å². The molecule has 2 saturated heterocycles. The molecular formula is C38H37F3N8O5. The number of benzene rings is 2. The van der Waals surface area contributed by atoms with E-state index >= 15 is 0 Å². The number of aromatic nitrogens is 3. The summed E-state index contributed by atoms with van der Waals surface area (Å²) in [5.41, 5.74) is 4.93. The van der Waals surface area contributed by atoms with Gasteiger partial charge < -0.3 is 19.1 Å².